The first kappa shape index (κ1) is 47.5. The lowest BCUT2D eigenvalue weighted by atomic mass is 9.95. The van der Waals surface area contributed by atoms with E-state index in [9.17, 15) is 24.3 Å². The largest absolute Gasteiger partial charge is 0.489 e. The average Bonchev–Trinajstić information content (AvgIpc) is 3.28. The molecule has 61 heavy (non-hydrogen) atoms. The van der Waals surface area contributed by atoms with Crippen molar-refractivity contribution in [3.05, 3.63) is 163 Å². The molecule has 4 rings (SSSR count). The summed E-state index contributed by atoms with van der Waals surface area (Å²) in [6.07, 6.45) is 6.67. The predicted molar refractivity (Wildman–Crippen MR) is 237 cm³/mol. The molecule has 0 spiro atoms. The third-order valence-electron chi connectivity index (χ3n) is 10.1. The van der Waals surface area contributed by atoms with E-state index < -0.39 is 30.0 Å². The zero-order chi connectivity index (χ0) is 43.5. The summed E-state index contributed by atoms with van der Waals surface area (Å²) in [4.78, 5) is 52.9. The molecule has 3 amide bonds. The molecular formula is C50H61N3O8. The summed E-state index contributed by atoms with van der Waals surface area (Å²) in [5.41, 5.74) is 3.86. The van der Waals surface area contributed by atoms with Gasteiger partial charge in [0.2, 0.25) is 11.8 Å². The Labute approximate surface area is 360 Å². The number of esters is 1. The Bertz CT molecular complexity index is 1910. The van der Waals surface area contributed by atoms with Crippen LogP contribution in [0.4, 0.5) is 4.79 Å². The van der Waals surface area contributed by atoms with Crippen molar-refractivity contribution < 1.29 is 38.5 Å². The van der Waals surface area contributed by atoms with Crippen molar-refractivity contribution in [2.75, 3.05) is 19.8 Å². The van der Waals surface area contributed by atoms with Crippen LogP contribution in [0.2, 0.25) is 0 Å². The van der Waals surface area contributed by atoms with Crippen LogP contribution in [0.1, 0.15) is 67.2 Å². The number of alkyl carbamates (subject to hydrolysis) is 1. The molecule has 0 aliphatic carbocycles. The Balaban J connectivity index is 1.32. The smallest absolute Gasteiger partial charge is 0.407 e. The van der Waals surface area contributed by atoms with Crippen molar-refractivity contribution in [2.24, 2.45) is 11.8 Å². The van der Waals surface area contributed by atoms with Crippen LogP contribution >= 0.6 is 0 Å². The van der Waals surface area contributed by atoms with Crippen molar-refractivity contribution in [1.29, 1.82) is 0 Å². The van der Waals surface area contributed by atoms with E-state index in [0.717, 1.165) is 22.3 Å². The summed E-state index contributed by atoms with van der Waals surface area (Å²) in [6, 6.07) is 35.4. The Hall–Kier alpha value is -6.20. The highest BCUT2D eigenvalue weighted by Gasteiger charge is 2.27. The first-order valence-electron chi connectivity index (χ1n) is 21.1. The number of aliphatic hydroxyl groups excluding tert-OH is 1. The highest BCUT2D eigenvalue weighted by molar-refractivity contribution is 5.86. The Morgan fingerprint density at radius 1 is 0.639 bits per heavy atom. The summed E-state index contributed by atoms with van der Waals surface area (Å²) in [6.45, 7) is 8.22. The molecular weight excluding hydrogens is 771 g/mol. The third-order valence-corrected chi connectivity index (χ3v) is 10.1. The van der Waals surface area contributed by atoms with Crippen LogP contribution in [0.15, 0.2) is 141 Å². The minimum absolute atomic E-state index is 0.0633. The quantitative estimate of drug-likeness (QED) is 0.0257. The minimum Gasteiger partial charge on any atom is -0.489 e. The number of aliphatic hydroxyl groups is 1. The number of rotatable bonds is 28. The lowest BCUT2D eigenvalue weighted by Crippen LogP contribution is -2.45. The Kier molecular flexibility index (Phi) is 21.4. The maximum atomic E-state index is 13.8. The molecule has 0 fully saturated rings. The molecule has 4 N–H and O–H groups in total. The van der Waals surface area contributed by atoms with Crippen LogP contribution in [0.25, 0.3) is 0 Å². The van der Waals surface area contributed by atoms with Gasteiger partial charge in [-0.1, -0.05) is 115 Å². The molecule has 0 aromatic heterocycles. The standard InChI is InChI=1S/C50H61N3O8/c1-3-5-24-43(31-38-18-9-6-10-19-38)49(57)60-37-44(25-15-16-30-51-50(58)61-36-41-22-13-8-14-23-41)53-48(56)42(17-4-2)33-47(55)52-45(34-54)32-39-26-28-46(29-27-39)59-35-40-20-11-7-12-21-40/h3-4,6-14,18-23,26-29,42-45,54H,1-2,5,15-17,24-25,30-37H2,(H,51,58)(H,52,55)(H,53,56)/t42-,43-,44+,45+/m1/s1. The van der Waals surface area contributed by atoms with Crippen LogP contribution < -0.4 is 20.7 Å². The lowest BCUT2D eigenvalue weighted by Gasteiger charge is -2.24. The molecule has 0 aliphatic heterocycles. The number of hydrogen-bond acceptors (Lipinski definition) is 8. The maximum absolute atomic E-state index is 13.8. The number of benzene rings is 4. The van der Waals surface area contributed by atoms with E-state index >= 15 is 0 Å². The SMILES string of the molecule is C=CCC[C@H](Cc1ccccc1)C(=O)OC[C@H](CCCCNC(=O)OCc1ccccc1)NC(=O)[C@H](CC=C)CC(=O)N[C@H](CO)Cc1ccc(OCc2ccccc2)cc1. The van der Waals surface area contributed by atoms with Gasteiger partial charge in [0.15, 0.2) is 0 Å². The molecule has 0 saturated heterocycles. The molecule has 0 saturated carbocycles. The fraction of sp³-hybridized carbons (Fsp3) is 0.360. The molecule has 0 bridgehead atoms. The van der Waals surface area contributed by atoms with Gasteiger partial charge in [0.25, 0.3) is 0 Å². The van der Waals surface area contributed by atoms with Crippen LogP contribution in [0.3, 0.4) is 0 Å². The molecule has 324 valence electrons. The van der Waals surface area contributed by atoms with E-state index in [1.54, 1.807) is 12.2 Å². The molecule has 4 aromatic carbocycles. The van der Waals surface area contributed by atoms with Crippen LogP contribution in [0.5, 0.6) is 5.75 Å². The number of amides is 3. The molecule has 0 heterocycles. The monoisotopic (exact) mass is 831 g/mol. The molecule has 0 aliphatic rings. The van der Waals surface area contributed by atoms with E-state index in [-0.39, 0.29) is 50.4 Å². The molecule has 4 aromatic rings. The van der Waals surface area contributed by atoms with Crippen molar-refractivity contribution in [3.63, 3.8) is 0 Å². The van der Waals surface area contributed by atoms with E-state index in [2.05, 4.69) is 29.1 Å². The third kappa shape index (κ3) is 18.7. The van der Waals surface area contributed by atoms with Crippen molar-refractivity contribution in [1.82, 2.24) is 16.0 Å². The van der Waals surface area contributed by atoms with Crippen molar-refractivity contribution in [3.8, 4) is 5.75 Å². The van der Waals surface area contributed by atoms with Gasteiger partial charge in [-0.05, 0) is 85.8 Å². The van der Waals surface area contributed by atoms with Crippen molar-refractivity contribution in [2.45, 2.75) is 83.1 Å². The van der Waals surface area contributed by atoms with E-state index in [1.165, 1.54) is 0 Å². The fourth-order valence-corrected chi connectivity index (χ4v) is 6.72. The number of carbonyl (C=O) groups excluding carboxylic acids is 4. The maximum Gasteiger partial charge on any atom is 0.407 e. The van der Waals surface area contributed by atoms with Crippen LogP contribution in [0, 0.1) is 11.8 Å². The predicted octanol–water partition coefficient (Wildman–Crippen LogP) is 7.82. The second-order valence-corrected chi connectivity index (χ2v) is 15.1. The topological polar surface area (TPSA) is 152 Å². The summed E-state index contributed by atoms with van der Waals surface area (Å²) in [5, 5.41) is 18.8. The van der Waals surface area contributed by atoms with Gasteiger partial charge in [-0.15, -0.1) is 13.2 Å². The van der Waals surface area contributed by atoms with Crippen LogP contribution in [-0.4, -0.2) is 60.8 Å². The molecule has 4 atom stereocenters. The molecule has 0 radical (unpaired) electrons. The number of ether oxygens (including phenoxy) is 3. The van der Waals surface area contributed by atoms with E-state index in [0.29, 0.717) is 63.8 Å². The number of hydrogen-bond donors (Lipinski definition) is 4. The number of nitrogens with one attached hydrogen (secondary N) is 3. The summed E-state index contributed by atoms with van der Waals surface area (Å²) in [7, 11) is 0. The van der Waals surface area contributed by atoms with E-state index in [4.69, 9.17) is 14.2 Å². The molecule has 0 unspecified atom stereocenters. The van der Waals surface area contributed by atoms with Gasteiger partial charge >= 0.3 is 12.1 Å². The van der Waals surface area contributed by atoms with Gasteiger partial charge in [0.05, 0.1) is 30.5 Å². The van der Waals surface area contributed by atoms with Gasteiger partial charge in [0.1, 0.15) is 25.6 Å². The Morgan fingerprint density at radius 3 is 1.89 bits per heavy atom. The highest BCUT2D eigenvalue weighted by Crippen LogP contribution is 2.19. The number of unbranched alkanes of at least 4 members (excludes halogenated alkanes) is 1. The second kappa shape index (κ2) is 27.5. The zero-order valence-electron chi connectivity index (χ0n) is 35.1. The average molecular weight is 832 g/mol. The van der Waals surface area contributed by atoms with E-state index in [1.807, 2.05) is 115 Å². The van der Waals surface area contributed by atoms with Gasteiger partial charge in [-0.2, -0.15) is 0 Å². The lowest BCUT2D eigenvalue weighted by molar-refractivity contribution is -0.150. The first-order chi connectivity index (χ1) is 29.8. The van der Waals surface area contributed by atoms with Gasteiger partial charge in [-0.3, -0.25) is 14.4 Å². The summed E-state index contributed by atoms with van der Waals surface area (Å²) < 4.78 is 17.1. The highest BCUT2D eigenvalue weighted by atomic mass is 16.5. The minimum atomic E-state index is -0.754. The van der Waals surface area contributed by atoms with Gasteiger partial charge < -0.3 is 35.3 Å². The molecule has 11 heteroatoms. The van der Waals surface area contributed by atoms with Crippen molar-refractivity contribution >= 4 is 23.9 Å². The second-order valence-electron chi connectivity index (χ2n) is 15.1. The summed E-state index contributed by atoms with van der Waals surface area (Å²) in [5.74, 6) is -1.57. The number of allylic oxidation sites excluding steroid dienone is 2. The normalized spacial score (nSPS) is 12.7. The molecule has 11 nitrogen and oxygen atoms in total. The fourth-order valence-electron chi connectivity index (χ4n) is 6.72. The number of carbonyl (C=O) groups is 4. The Morgan fingerprint density at radius 2 is 1.26 bits per heavy atom. The van der Waals surface area contributed by atoms with Gasteiger partial charge in [0, 0.05) is 13.0 Å². The summed E-state index contributed by atoms with van der Waals surface area (Å²) >= 11 is 0. The first-order valence-corrected chi connectivity index (χ1v) is 21.1. The van der Waals surface area contributed by atoms with Gasteiger partial charge in [-0.25, -0.2) is 4.79 Å². The van der Waals surface area contributed by atoms with Crippen LogP contribution in [-0.2, 0) is 49.9 Å². The zero-order valence-corrected chi connectivity index (χ0v) is 35.1.